The maximum Gasteiger partial charge on any atom is 0.412 e. The molecule has 0 bridgehead atoms. The summed E-state index contributed by atoms with van der Waals surface area (Å²) in [7, 11) is 0. The summed E-state index contributed by atoms with van der Waals surface area (Å²) in [5.41, 5.74) is 3.34. The number of thiophene rings is 1. The summed E-state index contributed by atoms with van der Waals surface area (Å²) in [5.74, 6) is 0.839. The minimum absolute atomic E-state index is 0.0949. The van der Waals surface area contributed by atoms with E-state index in [-0.39, 0.29) is 17.4 Å². The van der Waals surface area contributed by atoms with Crippen molar-refractivity contribution in [2.45, 2.75) is 77.5 Å². The van der Waals surface area contributed by atoms with Gasteiger partial charge in [-0.15, -0.1) is 11.3 Å². The van der Waals surface area contributed by atoms with E-state index in [1.165, 1.54) is 12.8 Å². The average Bonchev–Trinajstić information content (AvgIpc) is 3.89. The second-order valence-corrected chi connectivity index (χ2v) is 15.5. The Hall–Kier alpha value is -4.81. The highest BCUT2D eigenvalue weighted by molar-refractivity contribution is 7.13. The molecule has 2 fully saturated rings. The van der Waals surface area contributed by atoms with Gasteiger partial charge in [0.2, 0.25) is 0 Å². The van der Waals surface area contributed by atoms with Crippen molar-refractivity contribution in [3.63, 3.8) is 0 Å². The molecule has 1 aliphatic heterocycles. The number of likely N-dealkylation sites (tertiary alicyclic amines) is 1. The first-order chi connectivity index (χ1) is 24.0. The van der Waals surface area contributed by atoms with E-state index in [0.29, 0.717) is 46.5 Å². The molecule has 3 N–H and O–H groups in total. The average molecular weight is 694 g/mol. The fourth-order valence-electron chi connectivity index (χ4n) is 7.08. The lowest BCUT2D eigenvalue weighted by atomic mass is 9.97. The van der Waals surface area contributed by atoms with Crippen LogP contribution in [0.15, 0.2) is 71.0 Å². The molecular formula is C38H43N7O4S. The van der Waals surface area contributed by atoms with Crippen molar-refractivity contribution in [3.8, 4) is 10.4 Å². The van der Waals surface area contributed by atoms with Gasteiger partial charge in [0.05, 0.1) is 23.6 Å². The number of carbonyl (C=O) groups is 2. The summed E-state index contributed by atoms with van der Waals surface area (Å²) in [4.78, 5) is 50.6. The first kappa shape index (κ1) is 33.7. The number of aromatic nitrogens is 4. The zero-order valence-electron chi connectivity index (χ0n) is 28.9. The van der Waals surface area contributed by atoms with Crippen molar-refractivity contribution in [2.75, 3.05) is 23.7 Å². The molecule has 2 amide bonds. The zero-order valence-corrected chi connectivity index (χ0v) is 29.7. The molecule has 0 spiro atoms. The van der Waals surface area contributed by atoms with Crippen molar-refractivity contribution in [1.82, 2.24) is 24.6 Å². The summed E-state index contributed by atoms with van der Waals surface area (Å²) < 4.78 is 7.42. The molecule has 0 radical (unpaired) electrons. The van der Waals surface area contributed by atoms with Gasteiger partial charge in [-0.1, -0.05) is 44.0 Å². The van der Waals surface area contributed by atoms with E-state index in [1.807, 2.05) is 58.6 Å². The third kappa shape index (κ3) is 7.36. The van der Waals surface area contributed by atoms with Gasteiger partial charge in [-0.2, -0.15) is 5.10 Å². The number of nitrogens with one attached hydrogen (secondary N) is 3. The molecule has 1 aliphatic carbocycles. The van der Waals surface area contributed by atoms with Gasteiger partial charge < -0.3 is 15.0 Å². The highest BCUT2D eigenvalue weighted by atomic mass is 32.1. The van der Waals surface area contributed by atoms with Crippen LogP contribution in [0.2, 0.25) is 0 Å². The van der Waals surface area contributed by atoms with Crippen molar-refractivity contribution >= 4 is 45.7 Å². The molecule has 2 aliphatic rings. The van der Waals surface area contributed by atoms with Crippen LogP contribution in [0.3, 0.4) is 0 Å². The topological polar surface area (TPSA) is 134 Å². The maximum absolute atomic E-state index is 13.5. The number of ether oxygens (including phenoxy) is 1. The van der Waals surface area contributed by atoms with Crippen LogP contribution < -0.4 is 16.2 Å². The summed E-state index contributed by atoms with van der Waals surface area (Å²) in [5, 5.41) is 12.9. The van der Waals surface area contributed by atoms with Crippen LogP contribution in [0.4, 0.5) is 16.2 Å². The summed E-state index contributed by atoms with van der Waals surface area (Å²) in [6.45, 7) is 9.95. The highest BCUT2D eigenvalue weighted by Crippen LogP contribution is 2.35. The van der Waals surface area contributed by atoms with Gasteiger partial charge in [-0.3, -0.25) is 19.8 Å². The number of nitrogens with zero attached hydrogens (tertiary/aromatic N) is 4. The lowest BCUT2D eigenvalue weighted by Crippen LogP contribution is -2.27. The second-order valence-electron chi connectivity index (χ2n) is 14.5. The van der Waals surface area contributed by atoms with E-state index in [0.717, 1.165) is 47.8 Å². The maximum atomic E-state index is 13.5. The molecule has 3 aromatic heterocycles. The lowest BCUT2D eigenvalue weighted by Gasteiger charge is -2.21. The minimum atomic E-state index is -0.663. The molecule has 2 unspecified atom stereocenters. The van der Waals surface area contributed by atoms with Gasteiger partial charge in [0.15, 0.2) is 5.65 Å². The number of hydrogen-bond acceptors (Lipinski definition) is 8. The van der Waals surface area contributed by atoms with Crippen molar-refractivity contribution in [2.24, 2.45) is 5.92 Å². The number of H-pyrrole nitrogens is 1. The van der Waals surface area contributed by atoms with Crippen LogP contribution in [-0.2, 0) is 11.3 Å². The quantitative estimate of drug-likeness (QED) is 0.151. The van der Waals surface area contributed by atoms with Gasteiger partial charge in [-0.05, 0) is 86.4 Å². The van der Waals surface area contributed by atoms with E-state index in [9.17, 15) is 14.4 Å². The molecule has 7 rings (SSSR count). The fourth-order valence-corrected chi connectivity index (χ4v) is 7.80. The van der Waals surface area contributed by atoms with E-state index in [2.05, 4.69) is 32.5 Å². The number of anilines is 2. The molecule has 11 nitrogen and oxygen atoms in total. The van der Waals surface area contributed by atoms with E-state index < -0.39 is 11.7 Å². The van der Waals surface area contributed by atoms with Crippen LogP contribution in [0.25, 0.3) is 21.5 Å². The van der Waals surface area contributed by atoms with Crippen LogP contribution in [0, 0.1) is 5.92 Å². The van der Waals surface area contributed by atoms with Crippen molar-refractivity contribution < 1.29 is 14.3 Å². The number of aromatic amines is 1. The van der Waals surface area contributed by atoms with Crippen LogP contribution in [0.5, 0.6) is 0 Å². The minimum Gasteiger partial charge on any atom is -0.444 e. The van der Waals surface area contributed by atoms with Gasteiger partial charge in [0.25, 0.3) is 11.5 Å². The predicted octanol–water partition coefficient (Wildman–Crippen LogP) is 7.80. The Balaban J connectivity index is 1.03. The van der Waals surface area contributed by atoms with Gasteiger partial charge in [0, 0.05) is 36.0 Å². The summed E-state index contributed by atoms with van der Waals surface area (Å²) in [6, 6.07) is 17.4. The van der Waals surface area contributed by atoms with Crippen LogP contribution in [-0.4, -0.2) is 55.3 Å². The second kappa shape index (κ2) is 13.8. The van der Waals surface area contributed by atoms with E-state index in [4.69, 9.17) is 9.72 Å². The molecular weight excluding hydrogens is 651 g/mol. The van der Waals surface area contributed by atoms with Crippen LogP contribution >= 0.6 is 11.3 Å². The van der Waals surface area contributed by atoms with Gasteiger partial charge >= 0.3 is 6.09 Å². The third-order valence-corrected chi connectivity index (χ3v) is 10.4. The normalized spacial score (nSPS) is 18.5. The Morgan fingerprint density at radius 2 is 1.80 bits per heavy atom. The Bertz CT molecular complexity index is 2060. The van der Waals surface area contributed by atoms with E-state index in [1.54, 1.807) is 44.4 Å². The number of rotatable bonds is 8. The Labute approximate surface area is 295 Å². The molecule has 12 heteroatoms. The SMILES string of the molecule is CC1CN(Cc2ccc(C(=O)Nc3cc(-c4cccs4)ccc3NC(=O)OC(C)(C)C)cc2)CC1c1nc2c(cnn2C2CCCC2)c(=O)[nH]1. The molecule has 2 aromatic carbocycles. The Morgan fingerprint density at radius 3 is 2.52 bits per heavy atom. The Morgan fingerprint density at radius 1 is 1.02 bits per heavy atom. The fraction of sp³-hybridized carbons (Fsp3) is 0.395. The van der Waals surface area contributed by atoms with E-state index >= 15 is 0 Å². The number of fused-ring (bicyclic) bond motifs is 1. The monoisotopic (exact) mass is 693 g/mol. The largest absolute Gasteiger partial charge is 0.444 e. The number of amides is 2. The molecule has 4 heterocycles. The highest BCUT2D eigenvalue weighted by Gasteiger charge is 2.33. The molecule has 5 aromatic rings. The predicted molar refractivity (Wildman–Crippen MR) is 197 cm³/mol. The van der Waals surface area contributed by atoms with Crippen molar-refractivity contribution in [1.29, 1.82) is 0 Å². The number of benzene rings is 2. The van der Waals surface area contributed by atoms with Gasteiger partial charge in [0.1, 0.15) is 16.8 Å². The summed E-state index contributed by atoms with van der Waals surface area (Å²) in [6.07, 6.45) is 5.56. The smallest absolute Gasteiger partial charge is 0.412 e. The first-order valence-corrected chi connectivity index (χ1v) is 18.2. The number of carbonyl (C=O) groups excluding carboxylic acids is 2. The molecule has 2 atom stereocenters. The molecule has 50 heavy (non-hydrogen) atoms. The Kier molecular flexibility index (Phi) is 9.32. The molecule has 260 valence electrons. The third-order valence-electron chi connectivity index (χ3n) is 9.52. The summed E-state index contributed by atoms with van der Waals surface area (Å²) >= 11 is 1.60. The van der Waals surface area contributed by atoms with Crippen molar-refractivity contribution in [3.05, 3.63) is 93.5 Å². The van der Waals surface area contributed by atoms with Gasteiger partial charge in [-0.25, -0.2) is 14.5 Å². The standard InChI is InChI=1S/C38H43N7O4S/c1-23-20-44(22-29(23)33-42-34-28(36(47)43-33)19-39-45(34)27-8-5-6-9-27)21-24-11-13-25(14-12-24)35(46)40-31-18-26(32-10-7-17-50-32)15-16-30(31)41-37(48)49-38(2,3)4/h7,10-19,23,27,29H,5-6,8-9,20-22H2,1-4H3,(H,40,46)(H,41,48)(H,42,43,47). The first-order valence-electron chi connectivity index (χ1n) is 17.3. The lowest BCUT2D eigenvalue weighted by molar-refractivity contribution is 0.0635. The molecule has 1 saturated heterocycles. The zero-order chi connectivity index (χ0) is 35.0. The van der Waals surface area contributed by atoms with Crippen LogP contribution in [0.1, 0.15) is 87.1 Å². The number of hydrogen-bond donors (Lipinski definition) is 3. The molecule has 1 saturated carbocycles.